The van der Waals surface area contributed by atoms with Crippen molar-refractivity contribution < 1.29 is 19.4 Å². The van der Waals surface area contributed by atoms with Gasteiger partial charge in [-0.3, -0.25) is 9.69 Å². The van der Waals surface area contributed by atoms with Crippen LogP contribution in [0.4, 0.5) is 10.8 Å². The van der Waals surface area contributed by atoms with Crippen LogP contribution in [0, 0.1) is 0 Å². The molecular weight excluding hydrogens is 432 g/mol. The fourth-order valence-electron chi connectivity index (χ4n) is 4.60. The molecule has 32 heavy (non-hydrogen) atoms. The van der Waals surface area contributed by atoms with Crippen LogP contribution in [0.25, 0.3) is 10.3 Å². The number of hydrogen-bond acceptors (Lipinski definition) is 10. The Morgan fingerprint density at radius 1 is 1.19 bits per heavy atom. The number of carbonyl (C=O) groups is 1. The summed E-state index contributed by atoms with van der Waals surface area (Å²) in [6.07, 6.45) is 3.29. The van der Waals surface area contributed by atoms with Crippen molar-refractivity contribution in [2.75, 3.05) is 49.2 Å². The molecule has 2 atom stereocenters. The van der Waals surface area contributed by atoms with Crippen molar-refractivity contribution in [1.82, 2.24) is 14.9 Å². The minimum Gasteiger partial charge on any atom is -0.462 e. The molecule has 0 bridgehead atoms. The summed E-state index contributed by atoms with van der Waals surface area (Å²) in [5.74, 6) is -0.213. The third-order valence-electron chi connectivity index (χ3n) is 6.43. The topological polar surface area (TPSA) is 117 Å². The Balaban J connectivity index is 1.43. The molecule has 2 saturated heterocycles. The fourth-order valence-corrected chi connectivity index (χ4v) is 5.60. The number of nitrogens with two attached hydrogens (primary N) is 1. The number of fused-ring (bicyclic) bond motifs is 1. The van der Waals surface area contributed by atoms with E-state index in [0.717, 1.165) is 52.8 Å². The molecule has 0 aromatic carbocycles. The van der Waals surface area contributed by atoms with Gasteiger partial charge in [0.2, 0.25) is 6.35 Å². The van der Waals surface area contributed by atoms with Crippen molar-refractivity contribution in [2.45, 2.75) is 37.6 Å². The maximum atomic E-state index is 12.3. The van der Waals surface area contributed by atoms with Gasteiger partial charge >= 0.3 is 0 Å². The summed E-state index contributed by atoms with van der Waals surface area (Å²) >= 11 is 1.60. The number of rotatable bonds is 5. The predicted molar refractivity (Wildman–Crippen MR) is 119 cm³/mol. The van der Waals surface area contributed by atoms with Crippen molar-refractivity contribution >= 4 is 38.4 Å². The van der Waals surface area contributed by atoms with Crippen LogP contribution >= 0.6 is 11.3 Å². The van der Waals surface area contributed by atoms with Crippen LogP contribution < -0.4 is 15.5 Å². The highest BCUT2D eigenvalue weighted by Crippen LogP contribution is 2.47. The van der Waals surface area contributed by atoms with Crippen LogP contribution in [0.5, 0.6) is 0 Å². The summed E-state index contributed by atoms with van der Waals surface area (Å²) in [7, 11) is 0. The second-order valence-electron chi connectivity index (χ2n) is 8.72. The lowest BCUT2D eigenvalue weighted by Gasteiger charge is -2.33. The van der Waals surface area contributed by atoms with Gasteiger partial charge in [0.15, 0.2) is 10.8 Å². The molecule has 10 nitrogen and oxygen atoms in total. The van der Waals surface area contributed by atoms with E-state index in [4.69, 9.17) is 25.2 Å². The first-order chi connectivity index (χ1) is 15.6. The van der Waals surface area contributed by atoms with E-state index in [0.29, 0.717) is 44.3 Å². The number of aromatic nitrogens is 2. The quantitative estimate of drug-likeness (QED) is 0.674. The fraction of sp³-hybridized carbons (Fsp3) is 0.571. The van der Waals surface area contributed by atoms with Crippen LogP contribution in [-0.4, -0.2) is 77.7 Å². The van der Waals surface area contributed by atoms with E-state index in [2.05, 4.69) is 11.0 Å². The van der Waals surface area contributed by atoms with Gasteiger partial charge in [0.05, 0.1) is 35.4 Å². The van der Waals surface area contributed by atoms with Gasteiger partial charge in [-0.15, -0.1) is 0 Å². The minimum atomic E-state index is -0.549. The average Bonchev–Trinajstić information content (AvgIpc) is 3.19. The number of ether oxygens (including phenoxy) is 2. The molecular formula is C21H26N6O4S. The van der Waals surface area contributed by atoms with E-state index in [9.17, 15) is 9.90 Å². The largest absolute Gasteiger partial charge is 0.462 e. The lowest BCUT2D eigenvalue weighted by atomic mass is 10.2. The number of nitrogens with zero attached hydrogens (tertiary/aromatic N) is 5. The lowest BCUT2D eigenvalue weighted by Crippen LogP contribution is -2.47. The molecule has 170 valence electrons. The molecule has 3 fully saturated rings. The molecule has 5 heterocycles. The first-order valence-corrected chi connectivity index (χ1v) is 11.9. The highest BCUT2D eigenvalue weighted by molar-refractivity contribution is 7.22. The van der Waals surface area contributed by atoms with Gasteiger partial charge in [0, 0.05) is 32.1 Å². The first kappa shape index (κ1) is 20.2. The molecule has 1 amide bonds. The summed E-state index contributed by atoms with van der Waals surface area (Å²) in [4.78, 5) is 28.2. The number of aliphatic hydroxyl groups excluding tert-OH is 1. The zero-order valence-corrected chi connectivity index (χ0v) is 18.5. The molecule has 0 radical (unpaired) electrons. The Bertz CT molecular complexity index is 1080. The first-order valence-electron chi connectivity index (χ1n) is 11.1. The van der Waals surface area contributed by atoms with Crippen LogP contribution in [0.15, 0.2) is 18.0 Å². The standard InChI is InChI=1S/C21H26N6O4S/c22-18(29)15-11-31-21(26-4-3-13(28)10-26)27(15)14-9-16-19(23-17(14)12-1-2-12)24-20(32-16)25-5-7-30-8-6-25/h9,11-13,21,28H,1-8,10H2,(H2,22,29)/t13?,21-/m0/s1. The number of amides is 1. The zero-order chi connectivity index (χ0) is 21.8. The van der Waals surface area contributed by atoms with Crippen molar-refractivity contribution in [1.29, 1.82) is 0 Å². The molecule has 3 aliphatic heterocycles. The number of hydrogen-bond donors (Lipinski definition) is 2. The van der Waals surface area contributed by atoms with Crippen LogP contribution in [0.2, 0.25) is 0 Å². The third kappa shape index (κ3) is 3.49. The summed E-state index contributed by atoms with van der Waals surface area (Å²) in [5, 5.41) is 11.0. The van der Waals surface area contributed by atoms with Crippen LogP contribution in [-0.2, 0) is 14.3 Å². The number of β-amino-alcohol motifs (C(OH)–C–C–N with tert-alkyl or cyclic N) is 1. The van der Waals surface area contributed by atoms with Gasteiger partial charge in [-0.1, -0.05) is 11.3 Å². The molecule has 11 heteroatoms. The molecule has 4 aliphatic rings. The number of anilines is 2. The van der Waals surface area contributed by atoms with Gasteiger partial charge in [-0.2, -0.15) is 4.98 Å². The van der Waals surface area contributed by atoms with Gasteiger partial charge in [0.1, 0.15) is 12.0 Å². The maximum absolute atomic E-state index is 12.3. The van der Waals surface area contributed by atoms with Crippen molar-refractivity contribution in [3.8, 4) is 0 Å². The molecule has 3 N–H and O–H groups in total. The highest BCUT2D eigenvalue weighted by Gasteiger charge is 2.42. The Morgan fingerprint density at radius 2 is 2.00 bits per heavy atom. The number of aliphatic hydroxyl groups is 1. The monoisotopic (exact) mass is 458 g/mol. The van der Waals surface area contributed by atoms with Crippen LogP contribution in [0.1, 0.15) is 30.9 Å². The Morgan fingerprint density at radius 3 is 2.69 bits per heavy atom. The molecule has 1 unspecified atom stereocenters. The smallest absolute Gasteiger partial charge is 0.268 e. The molecule has 2 aromatic heterocycles. The zero-order valence-electron chi connectivity index (χ0n) is 17.6. The van der Waals surface area contributed by atoms with E-state index < -0.39 is 18.4 Å². The summed E-state index contributed by atoms with van der Waals surface area (Å²) < 4.78 is 12.3. The average molecular weight is 459 g/mol. The molecule has 1 saturated carbocycles. The second kappa shape index (κ2) is 7.84. The van der Waals surface area contributed by atoms with Crippen molar-refractivity contribution in [2.24, 2.45) is 5.73 Å². The number of likely N-dealkylation sites (tertiary alicyclic amines) is 1. The highest BCUT2D eigenvalue weighted by atomic mass is 32.1. The molecule has 6 rings (SSSR count). The SMILES string of the molecule is NC(=O)C1=CO[C@@H](N2CCC(O)C2)N1c1cc2sc(N3CCOCC3)nc2nc1C1CC1. The Labute approximate surface area is 189 Å². The van der Waals surface area contributed by atoms with Gasteiger partial charge < -0.3 is 25.2 Å². The summed E-state index contributed by atoms with van der Waals surface area (Å²) in [6.45, 7) is 4.19. The number of thiazole rings is 1. The number of pyridine rings is 1. The van der Waals surface area contributed by atoms with Crippen LogP contribution in [0.3, 0.4) is 0 Å². The van der Waals surface area contributed by atoms with Crippen molar-refractivity contribution in [3.05, 3.63) is 23.7 Å². The second-order valence-corrected chi connectivity index (χ2v) is 9.73. The summed E-state index contributed by atoms with van der Waals surface area (Å²) in [5.41, 5.74) is 8.53. The third-order valence-corrected chi connectivity index (χ3v) is 7.48. The van der Waals surface area contributed by atoms with E-state index in [-0.39, 0.29) is 0 Å². The molecule has 1 aliphatic carbocycles. The van der Waals surface area contributed by atoms with Gasteiger partial charge in [-0.05, 0) is 25.3 Å². The van der Waals surface area contributed by atoms with Crippen molar-refractivity contribution in [3.63, 3.8) is 0 Å². The number of primary amides is 1. The normalized spacial score (nSPS) is 26.6. The van der Waals surface area contributed by atoms with Gasteiger partial charge in [-0.25, -0.2) is 9.88 Å². The molecule has 2 aromatic rings. The van der Waals surface area contributed by atoms with E-state index in [1.165, 1.54) is 6.26 Å². The summed E-state index contributed by atoms with van der Waals surface area (Å²) in [6, 6.07) is 2.07. The predicted octanol–water partition coefficient (Wildman–Crippen LogP) is 0.919. The number of morpholine rings is 1. The van der Waals surface area contributed by atoms with E-state index in [1.54, 1.807) is 11.3 Å². The van der Waals surface area contributed by atoms with Gasteiger partial charge in [0.25, 0.3) is 5.91 Å². The lowest BCUT2D eigenvalue weighted by molar-refractivity contribution is -0.114. The maximum Gasteiger partial charge on any atom is 0.268 e. The Hall–Kier alpha value is -2.47. The Kier molecular flexibility index (Phi) is 4.94. The minimum absolute atomic E-state index is 0.303. The van der Waals surface area contributed by atoms with E-state index in [1.807, 2.05) is 9.80 Å². The number of carbonyl (C=O) groups excluding carboxylic acids is 1. The van der Waals surface area contributed by atoms with E-state index >= 15 is 0 Å². The molecule has 0 spiro atoms.